The summed E-state index contributed by atoms with van der Waals surface area (Å²) in [6.45, 7) is 0. The van der Waals surface area contributed by atoms with E-state index in [1.807, 2.05) is 0 Å². The molecule has 1 aliphatic rings. The normalized spacial score (nSPS) is 36.3. The summed E-state index contributed by atoms with van der Waals surface area (Å²) >= 11 is 1.53. The molecule has 0 aromatic rings. The Hall–Kier alpha value is -0.0600. The second kappa shape index (κ2) is 4.84. The highest BCUT2D eigenvalue weighted by molar-refractivity contribution is 8.00. The highest BCUT2D eigenvalue weighted by Crippen LogP contribution is 2.27. The monoisotopic (exact) mass is 189 g/mol. The Morgan fingerprint density at radius 2 is 2.33 bits per heavy atom. The van der Waals surface area contributed by atoms with E-state index in [0.29, 0.717) is 12.2 Å². The molecule has 3 nitrogen and oxygen atoms in total. The van der Waals surface area contributed by atoms with E-state index >= 15 is 0 Å². The van der Waals surface area contributed by atoms with Crippen LogP contribution in [0.3, 0.4) is 0 Å². The maximum atomic E-state index is 10.1. The summed E-state index contributed by atoms with van der Waals surface area (Å²) in [5, 5.41) is 9.77. The Labute approximate surface area is 76.7 Å². The van der Waals surface area contributed by atoms with Gasteiger partial charge in [0, 0.05) is 17.0 Å². The van der Waals surface area contributed by atoms with Crippen LogP contribution in [0.1, 0.15) is 19.3 Å². The van der Waals surface area contributed by atoms with E-state index in [1.54, 1.807) is 0 Å². The van der Waals surface area contributed by atoms with Crippen molar-refractivity contribution in [2.24, 2.45) is 5.73 Å². The Balaban J connectivity index is 2.29. The lowest BCUT2D eigenvalue weighted by atomic mass is 9.93. The van der Waals surface area contributed by atoms with Crippen molar-refractivity contribution in [3.05, 3.63) is 0 Å². The van der Waals surface area contributed by atoms with Crippen molar-refractivity contribution < 1.29 is 9.90 Å². The lowest BCUT2D eigenvalue weighted by Crippen LogP contribution is -2.38. The molecule has 0 radical (unpaired) electrons. The first-order valence-electron chi connectivity index (χ1n) is 4.23. The average molecular weight is 189 g/mol. The predicted octanol–water partition coefficient (Wildman–Crippen LogP) is 0.159. The molecule has 0 aliphatic heterocycles. The van der Waals surface area contributed by atoms with Crippen molar-refractivity contribution >= 4 is 18.0 Å². The second-order valence-corrected chi connectivity index (χ2v) is 4.45. The minimum Gasteiger partial charge on any atom is -0.392 e. The van der Waals surface area contributed by atoms with Gasteiger partial charge in [0.1, 0.15) is 6.29 Å². The highest BCUT2D eigenvalue weighted by Gasteiger charge is 2.27. The number of aliphatic hydroxyl groups excluding tert-OH is 1. The third kappa shape index (κ3) is 2.77. The number of hydrogen-bond donors (Lipinski definition) is 2. The molecule has 0 aromatic heterocycles. The molecule has 0 aromatic carbocycles. The minimum atomic E-state index is -0.321. The Kier molecular flexibility index (Phi) is 4.05. The summed E-state index contributed by atoms with van der Waals surface area (Å²) in [5.41, 5.74) is 5.68. The van der Waals surface area contributed by atoms with Crippen LogP contribution in [-0.4, -0.2) is 34.5 Å². The number of carbonyl (C=O) groups is 1. The molecule has 0 saturated heterocycles. The maximum absolute atomic E-state index is 10.1. The Morgan fingerprint density at radius 1 is 1.58 bits per heavy atom. The van der Waals surface area contributed by atoms with E-state index in [1.165, 1.54) is 11.8 Å². The van der Waals surface area contributed by atoms with Gasteiger partial charge in [0.15, 0.2) is 0 Å². The molecule has 0 spiro atoms. The third-order valence-electron chi connectivity index (χ3n) is 2.17. The van der Waals surface area contributed by atoms with Crippen molar-refractivity contribution in [2.45, 2.75) is 36.7 Å². The molecular formula is C8H15NO2S. The van der Waals surface area contributed by atoms with Crippen molar-refractivity contribution in [1.29, 1.82) is 0 Å². The number of carbonyl (C=O) groups excluding carboxylic acids is 1. The molecule has 0 heterocycles. The summed E-state index contributed by atoms with van der Waals surface area (Å²) in [4.78, 5) is 10.1. The summed E-state index contributed by atoms with van der Waals surface area (Å²) in [5.74, 6) is 0.483. The lowest BCUT2D eigenvalue weighted by Gasteiger charge is -2.30. The van der Waals surface area contributed by atoms with Crippen molar-refractivity contribution in [2.75, 3.05) is 5.75 Å². The Bertz CT molecular complexity index is 154. The quantitative estimate of drug-likeness (QED) is 0.621. The van der Waals surface area contributed by atoms with Crippen molar-refractivity contribution in [1.82, 2.24) is 0 Å². The summed E-state index contributed by atoms with van der Waals surface area (Å²) in [6, 6.07) is 0.146. The summed E-state index contributed by atoms with van der Waals surface area (Å²) in [7, 11) is 0. The first kappa shape index (κ1) is 10.0. The second-order valence-electron chi connectivity index (χ2n) is 3.18. The molecule has 3 atom stereocenters. The lowest BCUT2D eigenvalue weighted by molar-refractivity contribution is -0.105. The largest absolute Gasteiger partial charge is 0.392 e. The molecule has 3 N–H and O–H groups in total. The van der Waals surface area contributed by atoms with Gasteiger partial charge in [-0.3, -0.25) is 0 Å². The topological polar surface area (TPSA) is 63.3 Å². The molecule has 1 rings (SSSR count). The highest BCUT2D eigenvalue weighted by atomic mass is 32.2. The summed E-state index contributed by atoms with van der Waals surface area (Å²) < 4.78 is 0. The zero-order valence-electron chi connectivity index (χ0n) is 6.98. The molecule has 3 unspecified atom stereocenters. The van der Waals surface area contributed by atoms with Crippen LogP contribution in [0.4, 0.5) is 0 Å². The average Bonchev–Trinajstić information content (AvgIpc) is 2.03. The maximum Gasteiger partial charge on any atom is 0.129 e. The van der Waals surface area contributed by atoms with E-state index in [9.17, 15) is 9.90 Å². The van der Waals surface area contributed by atoms with E-state index in [-0.39, 0.29) is 17.4 Å². The van der Waals surface area contributed by atoms with Gasteiger partial charge in [-0.2, -0.15) is 0 Å². The van der Waals surface area contributed by atoms with Gasteiger partial charge in [0.25, 0.3) is 0 Å². The molecule has 12 heavy (non-hydrogen) atoms. The van der Waals surface area contributed by atoms with E-state index in [0.717, 1.165) is 19.1 Å². The first-order valence-corrected chi connectivity index (χ1v) is 5.27. The van der Waals surface area contributed by atoms with Gasteiger partial charge < -0.3 is 15.6 Å². The smallest absolute Gasteiger partial charge is 0.129 e. The standard InChI is InChI=1S/C8H15NO2S/c9-6-1-2-8(7(11)5-6)12-4-3-10/h3,6-8,11H,1-2,4-5,9H2. The Morgan fingerprint density at radius 3 is 2.92 bits per heavy atom. The number of aliphatic hydroxyl groups is 1. The predicted molar refractivity (Wildman–Crippen MR) is 50.1 cm³/mol. The van der Waals surface area contributed by atoms with Crippen molar-refractivity contribution in [3.63, 3.8) is 0 Å². The third-order valence-corrected chi connectivity index (χ3v) is 3.48. The van der Waals surface area contributed by atoms with Gasteiger partial charge in [0.2, 0.25) is 0 Å². The molecule has 70 valence electrons. The molecule has 0 bridgehead atoms. The van der Waals surface area contributed by atoms with Crippen LogP contribution < -0.4 is 5.73 Å². The van der Waals surface area contributed by atoms with E-state index in [2.05, 4.69) is 0 Å². The van der Waals surface area contributed by atoms with Crippen LogP contribution >= 0.6 is 11.8 Å². The summed E-state index contributed by atoms with van der Waals surface area (Å²) in [6.07, 6.45) is 3.13. The van der Waals surface area contributed by atoms with Crippen LogP contribution in [0.5, 0.6) is 0 Å². The number of aldehydes is 1. The molecule has 1 fully saturated rings. The van der Waals surface area contributed by atoms with Crippen LogP contribution in [0, 0.1) is 0 Å². The number of thioether (sulfide) groups is 1. The van der Waals surface area contributed by atoms with Crippen LogP contribution in [0.2, 0.25) is 0 Å². The first-order chi connectivity index (χ1) is 5.74. The fraction of sp³-hybridized carbons (Fsp3) is 0.875. The van der Waals surface area contributed by atoms with Crippen LogP contribution in [-0.2, 0) is 4.79 Å². The fourth-order valence-electron chi connectivity index (χ4n) is 1.51. The number of hydrogen-bond acceptors (Lipinski definition) is 4. The zero-order chi connectivity index (χ0) is 8.97. The van der Waals surface area contributed by atoms with Gasteiger partial charge in [-0.15, -0.1) is 11.8 Å². The zero-order valence-corrected chi connectivity index (χ0v) is 7.80. The fourth-order valence-corrected chi connectivity index (χ4v) is 2.47. The van der Waals surface area contributed by atoms with Gasteiger partial charge in [-0.1, -0.05) is 0 Å². The molecule has 1 aliphatic carbocycles. The van der Waals surface area contributed by atoms with Gasteiger partial charge in [0.05, 0.1) is 6.10 Å². The van der Waals surface area contributed by atoms with Gasteiger partial charge in [-0.05, 0) is 19.3 Å². The van der Waals surface area contributed by atoms with Crippen molar-refractivity contribution in [3.8, 4) is 0 Å². The number of rotatable bonds is 3. The number of nitrogens with two attached hydrogens (primary N) is 1. The van der Waals surface area contributed by atoms with E-state index in [4.69, 9.17) is 5.73 Å². The van der Waals surface area contributed by atoms with Gasteiger partial charge in [-0.25, -0.2) is 0 Å². The molecule has 0 amide bonds. The molecular weight excluding hydrogens is 174 g/mol. The van der Waals surface area contributed by atoms with E-state index < -0.39 is 0 Å². The van der Waals surface area contributed by atoms with Crippen LogP contribution in [0.25, 0.3) is 0 Å². The van der Waals surface area contributed by atoms with Gasteiger partial charge >= 0.3 is 0 Å². The van der Waals surface area contributed by atoms with Crippen LogP contribution in [0.15, 0.2) is 0 Å². The molecule has 4 heteroatoms. The molecule has 1 saturated carbocycles. The minimum absolute atomic E-state index is 0.146. The SMILES string of the molecule is NC1CCC(SCC=O)C(O)C1.